The Morgan fingerprint density at radius 1 is 1.33 bits per heavy atom. The normalized spacial score (nSPS) is 19.2. The number of halogens is 3. The maximum Gasteiger partial charge on any atom is 0.238 e. The first-order chi connectivity index (χ1) is 9.88. The molecule has 1 aromatic rings. The van der Waals surface area contributed by atoms with E-state index < -0.39 is 9.34 Å². The number of rotatable bonds is 5. The van der Waals surface area contributed by atoms with E-state index in [2.05, 4.69) is 31.9 Å². The van der Waals surface area contributed by atoms with Crippen LogP contribution in [0.5, 0.6) is 5.75 Å². The van der Waals surface area contributed by atoms with Crippen LogP contribution in [0, 0.1) is 5.92 Å². The van der Waals surface area contributed by atoms with E-state index in [4.69, 9.17) is 16.3 Å². The monoisotopic (exact) mass is 437 g/mol. The lowest BCUT2D eigenvalue weighted by Gasteiger charge is -2.21. The number of hydrogen-bond acceptors (Lipinski definition) is 3. The molecule has 1 aromatic carbocycles. The van der Waals surface area contributed by atoms with Crippen LogP contribution in [0.2, 0.25) is 0 Å². The van der Waals surface area contributed by atoms with Crippen molar-refractivity contribution in [2.45, 2.75) is 23.2 Å². The Labute approximate surface area is 145 Å². The molecule has 1 fully saturated rings. The van der Waals surface area contributed by atoms with Gasteiger partial charge in [0.15, 0.2) is 0 Å². The molecule has 1 saturated heterocycles. The summed E-state index contributed by atoms with van der Waals surface area (Å²) < 4.78 is 5.07. The van der Waals surface area contributed by atoms with E-state index in [1.165, 1.54) is 4.90 Å². The molecule has 0 aliphatic carbocycles. The molecule has 0 N–H and O–H groups in total. The van der Waals surface area contributed by atoms with Crippen LogP contribution in [-0.2, 0) is 9.59 Å². The highest BCUT2D eigenvalue weighted by Crippen LogP contribution is 2.34. The van der Waals surface area contributed by atoms with Gasteiger partial charge in [-0.15, -0.1) is 11.6 Å². The van der Waals surface area contributed by atoms with Gasteiger partial charge in [-0.2, -0.15) is 0 Å². The van der Waals surface area contributed by atoms with Gasteiger partial charge in [0.05, 0.1) is 11.6 Å². The molecular formula is C14H14Br2ClNO3. The Morgan fingerprint density at radius 2 is 1.95 bits per heavy atom. The van der Waals surface area contributed by atoms with Crippen LogP contribution < -0.4 is 9.64 Å². The zero-order valence-corrected chi connectivity index (χ0v) is 15.2. The van der Waals surface area contributed by atoms with E-state index in [1.54, 1.807) is 24.3 Å². The van der Waals surface area contributed by atoms with Crippen LogP contribution in [0.4, 0.5) is 5.69 Å². The van der Waals surface area contributed by atoms with E-state index in [0.717, 1.165) is 6.42 Å². The molecule has 1 aliphatic rings. The molecule has 2 amide bonds. The third-order valence-corrected chi connectivity index (χ3v) is 5.02. The van der Waals surface area contributed by atoms with Gasteiger partial charge >= 0.3 is 0 Å². The zero-order valence-electron chi connectivity index (χ0n) is 11.3. The summed E-state index contributed by atoms with van der Waals surface area (Å²) in [6, 6.07) is 6.81. The maximum absolute atomic E-state index is 12.1. The summed E-state index contributed by atoms with van der Waals surface area (Å²) in [5.41, 5.74) is 0.538. The van der Waals surface area contributed by atoms with Crippen molar-refractivity contribution in [3.8, 4) is 5.75 Å². The van der Waals surface area contributed by atoms with Gasteiger partial charge in [0.2, 0.25) is 15.2 Å². The number of benzene rings is 1. The topological polar surface area (TPSA) is 46.6 Å². The molecule has 0 saturated carbocycles. The first-order valence-electron chi connectivity index (χ1n) is 6.47. The summed E-state index contributed by atoms with van der Waals surface area (Å²) >= 11 is 12.5. The smallest absolute Gasteiger partial charge is 0.238 e. The fourth-order valence-electron chi connectivity index (χ4n) is 1.99. The van der Waals surface area contributed by atoms with Crippen LogP contribution >= 0.6 is 43.5 Å². The van der Waals surface area contributed by atoms with Crippen molar-refractivity contribution in [1.29, 1.82) is 0 Å². The van der Waals surface area contributed by atoms with E-state index in [0.29, 0.717) is 11.4 Å². The van der Waals surface area contributed by atoms with E-state index in [9.17, 15) is 9.59 Å². The molecular weight excluding hydrogens is 425 g/mol. The standard InChI is InChI=1S/C14H14Br2ClNO3/c1-2-14(15,16)21-11-5-3-10(4-6-11)18-12(19)7-9(8-17)13(18)20/h3-6,9H,2,7-8H2,1H3. The van der Waals surface area contributed by atoms with Crippen molar-refractivity contribution in [1.82, 2.24) is 0 Å². The minimum absolute atomic E-state index is 0.161. The number of carbonyl (C=O) groups is 2. The second-order valence-electron chi connectivity index (χ2n) is 4.71. The predicted octanol–water partition coefficient (Wildman–Crippen LogP) is 4.04. The van der Waals surface area contributed by atoms with Gasteiger partial charge in [0.25, 0.3) is 0 Å². The molecule has 2 rings (SSSR count). The quantitative estimate of drug-likeness (QED) is 0.514. The van der Waals surface area contributed by atoms with Gasteiger partial charge < -0.3 is 4.74 Å². The van der Waals surface area contributed by atoms with Gasteiger partial charge in [-0.05, 0) is 56.1 Å². The maximum atomic E-state index is 12.1. The van der Waals surface area contributed by atoms with Crippen molar-refractivity contribution < 1.29 is 14.3 Å². The molecule has 1 unspecified atom stereocenters. The predicted molar refractivity (Wildman–Crippen MR) is 89.3 cm³/mol. The van der Waals surface area contributed by atoms with Crippen molar-refractivity contribution >= 4 is 61.0 Å². The number of carbonyl (C=O) groups excluding carboxylic acids is 2. The Balaban J connectivity index is 2.16. The van der Waals surface area contributed by atoms with Crippen LogP contribution in [0.1, 0.15) is 19.8 Å². The van der Waals surface area contributed by atoms with Crippen molar-refractivity contribution in [2.24, 2.45) is 5.92 Å². The summed E-state index contributed by atoms with van der Waals surface area (Å²) in [6.07, 6.45) is 0.886. The number of ether oxygens (including phenoxy) is 1. The second kappa shape index (κ2) is 6.67. The highest BCUT2D eigenvalue weighted by atomic mass is 79.9. The summed E-state index contributed by atoms with van der Waals surface area (Å²) in [6.45, 7) is 1.96. The molecule has 0 bridgehead atoms. The van der Waals surface area contributed by atoms with Crippen LogP contribution in [-0.4, -0.2) is 21.1 Å². The first kappa shape index (κ1) is 16.8. The first-order valence-corrected chi connectivity index (χ1v) is 8.59. The minimum Gasteiger partial charge on any atom is -0.466 e. The SMILES string of the molecule is CCC(Br)(Br)Oc1ccc(N2C(=O)CC(CCl)C2=O)cc1. The Morgan fingerprint density at radius 3 is 2.43 bits per heavy atom. The summed E-state index contributed by atoms with van der Waals surface area (Å²) in [4.78, 5) is 25.2. The Hall–Kier alpha value is -0.590. The van der Waals surface area contributed by atoms with Crippen LogP contribution in [0.3, 0.4) is 0 Å². The van der Waals surface area contributed by atoms with Gasteiger partial charge in [-0.25, -0.2) is 0 Å². The number of amides is 2. The molecule has 0 spiro atoms. The lowest BCUT2D eigenvalue weighted by Crippen LogP contribution is -2.30. The highest BCUT2D eigenvalue weighted by Gasteiger charge is 2.38. The summed E-state index contributed by atoms with van der Waals surface area (Å²) in [5.74, 6) is -0.0971. The minimum atomic E-state index is -0.621. The molecule has 0 aromatic heterocycles. The Bertz CT molecular complexity index is 548. The highest BCUT2D eigenvalue weighted by molar-refractivity contribution is 9.25. The zero-order chi connectivity index (χ0) is 15.6. The fourth-order valence-corrected chi connectivity index (χ4v) is 2.61. The average Bonchev–Trinajstić information content (AvgIpc) is 2.74. The van der Waals surface area contributed by atoms with Gasteiger partial charge in [0.1, 0.15) is 5.75 Å². The third-order valence-electron chi connectivity index (χ3n) is 3.20. The van der Waals surface area contributed by atoms with Crippen LogP contribution in [0.15, 0.2) is 24.3 Å². The lowest BCUT2D eigenvalue weighted by molar-refractivity contribution is -0.122. The number of anilines is 1. The molecule has 7 heteroatoms. The largest absolute Gasteiger partial charge is 0.466 e. The summed E-state index contributed by atoms with van der Waals surface area (Å²) in [5, 5.41) is 0. The van der Waals surface area contributed by atoms with E-state index >= 15 is 0 Å². The van der Waals surface area contributed by atoms with Gasteiger partial charge in [0, 0.05) is 18.7 Å². The lowest BCUT2D eigenvalue weighted by atomic mass is 10.1. The number of hydrogen-bond donors (Lipinski definition) is 0. The molecule has 1 aliphatic heterocycles. The molecule has 114 valence electrons. The second-order valence-corrected chi connectivity index (χ2v) is 8.64. The molecule has 21 heavy (non-hydrogen) atoms. The van der Waals surface area contributed by atoms with E-state index in [1.807, 2.05) is 6.92 Å². The molecule has 4 nitrogen and oxygen atoms in total. The van der Waals surface area contributed by atoms with E-state index in [-0.39, 0.29) is 24.1 Å². The van der Waals surface area contributed by atoms with Crippen molar-refractivity contribution in [2.75, 3.05) is 10.8 Å². The van der Waals surface area contributed by atoms with Gasteiger partial charge in [-0.1, -0.05) is 6.92 Å². The third kappa shape index (κ3) is 3.79. The molecule has 0 radical (unpaired) electrons. The average molecular weight is 440 g/mol. The van der Waals surface area contributed by atoms with Crippen LogP contribution in [0.25, 0.3) is 0 Å². The fraction of sp³-hybridized carbons (Fsp3) is 0.429. The molecule has 1 atom stereocenters. The van der Waals surface area contributed by atoms with Crippen molar-refractivity contribution in [3.05, 3.63) is 24.3 Å². The Kier molecular flexibility index (Phi) is 5.33. The van der Waals surface area contributed by atoms with Crippen molar-refractivity contribution in [3.63, 3.8) is 0 Å². The number of imide groups is 1. The number of nitrogens with zero attached hydrogens (tertiary/aromatic N) is 1. The molecule has 1 heterocycles. The summed E-state index contributed by atoms with van der Waals surface area (Å²) in [7, 11) is 0. The number of alkyl halides is 3. The van der Waals surface area contributed by atoms with Gasteiger partial charge in [-0.3, -0.25) is 14.5 Å².